The van der Waals surface area contributed by atoms with E-state index in [0.29, 0.717) is 24.8 Å². The summed E-state index contributed by atoms with van der Waals surface area (Å²) in [6.45, 7) is 2.09. The molecule has 1 fully saturated rings. The van der Waals surface area contributed by atoms with Gasteiger partial charge in [-0.05, 0) is 24.8 Å². The van der Waals surface area contributed by atoms with Crippen LogP contribution < -0.4 is 5.32 Å². The van der Waals surface area contributed by atoms with Gasteiger partial charge in [0.05, 0.1) is 11.5 Å². The normalized spacial score (nSPS) is 19.4. The van der Waals surface area contributed by atoms with Gasteiger partial charge < -0.3 is 15.2 Å². The highest BCUT2D eigenvalue weighted by Gasteiger charge is 2.17. The molecule has 0 bridgehead atoms. The molecule has 0 radical (unpaired) electrons. The summed E-state index contributed by atoms with van der Waals surface area (Å²) in [7, 11) is 0. The summed E-state index contributed by atoms with van der Waals surface area (Å²) in [6, 6.07) is 3.99. The Morgan fingerprint density at radius 3 is 3.06 bits per heavy atom. The number of phenolic OH excluding ortho intramolecular Hbond substituents is 1. The monoisotopic (exact) mass is 252 g/mol. The third-order valence-corrected chi connectivity index (χ3v) is 3.01. The van der Waals surface area contributed by atoms with Gasteiger partial charge in [-0.1, -0.05) is 0 Å². The van der Waals surface area contributed by atoms with Gasteiger partial charge in [0.2, 0.25) is 0 Å². The number of hydrogen-bond donors (Lipinski definition) is 2. The predicted octanol–water partition coefficient (Wildman–Crippen LogP) is 2.14. The third-order valence-electron chi connectivity index (χ3n) is 3.01. The number of phenols is 1. The number of nitrogens with one attached hydrogen (secondary N) is 1. The Morgan fingerprint density at radius 2 is 2.39 bits per heavy atom. The molecule has 1 heterocycles. The van der Waals surface area contributed by atoms with Crippen LogP contribution in [0.5, 0.6) is 5.75 Å². The van der Waals surface area contributed by atoms with Crippen LogP contribution in [0.1, 0.15) is 12.8 Å². The van der Waals surface area contributed by atoms with Crippen molar-refractivity contribution in [3.05, 3.63) is 28.3 Å². The first-order chi connectivity index (χ1) is 8.66. The Labute approximate surface area is 105 Å². The Morgan fingerprint density at radius 1 is 1.56 bits per heavy atom. The van der Waals surface area contributed by atoms with E-state index in [2.05, 4.69) is 5.32 Å². The minimum atomic E-state index is -0.459. The molecule has 2 rings (SSSR count). The van der Waals surface area contributed by atoms with Gasteiger partial charge in [-0.25, -0.2) is 0 Å². The van der Waals surface area contributed by atoms with Crippen molar-refractivity contribution in [2.45, 2.75) is 12.8 Å². The maximum absolute atomic E-state index is 10.8. The van der Waals surface area contributed by atoms with Crippen LogP contribution in [0.4, 0.5) is 11.4 Å². The minimum Gasteiger partial charge on any atom is -0.508 e. The van der Waals surface area contributed by atoms with E-state index >= 15 is 0 Å². The molecule has 6 nitrogen and oxygen atoms in total. The zero-order valence-corrected chi connectivity index (χ0v) is 9.96. The van der Waals surface area contributed by atoms with Crippen molar-refractivity contribution in [1.82, 2.24) is 0 Å². The molecule has 0 spiro atoms. The van der Waals surface area contributed by atoms with Gasteiger partial charge in [0.25, 0.3) is 5.69 Å². The van der Waals surface area contributed by atoms with Crippen LogP contribution in [0, 0.1) is 16.0 Å². The van der Waals surface area contributed by atoms with Crippen LogP contribution in [0.3, 0.4) is 0 Å². The Kier molecular flexibility index (Phi) is 3.99. The van der Waals surface area contributed by atoms with Gasteiger partial charge in [0.15, 0.2) is 0 Å². The molecule has 1 aromatic rings. The van der Waals surface area contributed by atoms with Crippen LogP contribution in [0.2, 0.25) is 0 Å². The number of nitro benzene ring substituents is 1. The number of ether oxygens (including phenoxy) is 1. The molecule has 1 unspecified atom stereocenters. The van der Waals surface area contributed by atoms with E-state index in [1.807, 2.05) is 0 Å². The van der Waals surface area contributed by atoms with Crippen molar-refractivity contribution in [3.8, 4) is 5.75 Å². The highest BCUT2D eigenvalue weighted by molar-refractivity contribution is 5.63. The molecule has 18 heavy (non-hydrogen) atoms. The third kappa shape index (κ3) is 3.10. The molecular formula is C12H16N2O4. The molecule has 1 aromatic carbocycles. The lowest BCUT2D eigenvalue weighted by Crippen LogP contribution is -2.24. The molecular weight excluding hydrogens is 236 g/mol. The lowest BCUT2D eigenvalue weighted by Gasteiger charge is -2.22. The summed E-state index contributed by atoms with van der Waals surface area (Å²) in [5.74, 6) is 0.378. The standard InChI is InChI=1S/C12H16N2O4/c15-10-3-4-12(14(16)17)11(6-10)13-7-9-2-1-5-18-8-9/h3-4,6,9,13,15H,1-2,5,7-8H2. The summed E-state index contributed by atoms with van der Waals surface area (Å²) < 4.78 is 5.35. The molecule has 1 saturated heterocycles. The molecule has 2 N–H and O–H groups in total. The molecule has 98 valence electrons. The van der Waals surface area contributed by atoms with Crippen LogP contribution >= 0.6 is 0 Å². The molecule has 0 aliphatic carbocycles. The predicted molar refractivity (Wildman–Crippen MR) is 66.8 cm³/mol. The Hall–Kier alpha value is -1.82. The molecule has 1 aliphatic rings. The van der Waals surface area contributed by atoms with Crippen LogP contribution in [0.15, 0.2) is 18.2 Å². The Balaban J connectivity index is 2.03. The van der Waals surface area contributed by atoms with Gasteiger partial charge in [-0.15, -0.1) is 0 Å². The summed E-state index contributed by atoms with van der Waals surface area (Å²) in [6.07, 6.45) is 2.08. The second-order valence-corrected chi connectivity index (χ2v) is 4.42. The number of anilines is 1. The summed E-state index contributed by atoms with van der Waals surface area (Å²) in [4.78, 5) is 10.4. The summed E-state index contributed by atoms with van der Waals surface area (Å²) in [5.41, 5.74) is 0.329. The van der Waals surface area contributed by atoms with Gasteiger partial charge in [0, 0.05) is 25.3 Å². The average Bonchev–Trinajstić information content (AvgIpc) is 2.37. The van der Waals surface area contributed by atoms with Gasteiger partial charge in [-0.3, -0.25) is 10.1 Å². The highest BCUT2D eigenvalue weighted by Crippen LogP contribution is 2.28. The average molecular weight is 252 g/mol. The zero-order chi connectivity index (χ0) is 13.0. The molecule has 1 atom stereocenters. The molecule has 0 aromatic heterocycles. The lowest BCUT2D eigenvalue weighted by molar-refractivity contribution is -0.384. The fourth-order valence-corrected chi connectivity index (χ4v) is 2.05. The SMILES string of the molecule is O=[N+]([O-])c1ccc(O)cc1NCC1CCCOC1. The first-order valence-electron chi connectivity index (χ1n) is 5.96. The number of nitrogens with zero attached hydrogens (tertiary/aromatic N) is 1. The highest BCUT2D eigenvalue weighted by atomic mass is 16.6. The van der Waals surface area contributed by atoms with Gasteiger partial charge >= 0.3 is 0 Å². The van der Waals surface area contributed by atoms with E-state index in [1.165, 1.54) is 18.2 Å². The zero-order valence-electron chi connectivity index (χ0n) is 9.96. The number of aromatic hydroxyl groups is 1. The summed E-state index contributed by atoms with van der Waals surface area (Å²) in [5, 5.41) is 23.2. The second-order valence-electron chi connectivity index (χ2n) is 4.42. The van der Waals surface area contributed by atoms with Crippen molar-refractivity contribution in [3.63, 3.8) is 0 Å². The molecule has 6 heteroatoms. The number of hydrogen-bond acceptors (Lipinski definition) is 5. The lowest BCUT2D eigenvalue weighted by atomic mass is 10.0. The Bertz CT molecular complexity index is 430. The van der Waals surface area contributed by atoms with Crippen molar-refractivity contribution >= 4 is 11.4 Å². The first-order valence-corrected chi connectivity index (χ1v) is 5.96. The van der Waals surface area contributed by atoms with Crippen LogP contribution in [-0.2, 0) is 4.74 Å². The smallest absolute Gasteiger partial charge is 0.292 e. The van der Waals surface area contributed by atoms with E-state index < -0.39 is 4.92 Å². The maximum atomic E-state index is 10.8. The number of benzene rings is 1. The van der Waals surface area contributed by atoms with E-state index in [1.54, 1.807) is 0 Å². The van der Waals surface area contributed by atoms with Gasteiger partial charge in [-0.2, -0.15) is 0 Å². The van der Waals surface area contributed by atoms with Crippen molar-refractivity contribution < 1.29 is 14.8 Å². The second kappa shape index (κ2) is 5.68. The van der Waals surface area contributed by atoms with Crippen molar-refractivity contribution in [1.29, 1.82) is 0 Å². The maximum Gasteiger partial charge on any atom is 0.292 e. The fraction of sp³-hybridized carbons (Fsp3) is 0.500. The van der Waals surface area contributed by atoms with E-state index in [9.17, 15) is 15.2 Å². The molecule has 0 saturated carbocycles. The first kappa shape index (κ1) is 12.6. The fourth-order valence-electron chi connectivity index (χ4n) is 2.05. The van der Waals surface area contributed by atoms with Crippen LogP contribution in [0.25, 0.3) is 0 Å². The number of rotatable bonds is 4. The minimum absolute atomic E-state index is 0.0167. The quantitative estimate of drug-likeness (QED) is 0.633. The van der Waals surface area contributed by atoms with Crippen molar-refractivity contribution in [2.75, 3.05) is 25.1 Å². The van der Waals surface area contributed by atoms with E-state index in [-0.39, 0.29) is 11.4 Å². The van der Waals surface area contributed by atoms with E-state index in [4.69, 9.17) is 4.74 Å². The van der Waals surface area contributed by atoms with Crippen molar-refractivity contribution in [2.24, 2.45) is 5.92 Å². The molecule has 0 amide bonds. The topological polar surface area (TPSA) is 84.6 Å². The summed E-state index contributed by atoms with van der Waals surface area (Å²) >= 11 is 0. The number of nitro groups is 1. The van der Waals surface area contributed by atoms with E-state index in [0.717, 1.165) is 19.4 Å². The van der Waals surface area contributed by atoms with Crippen LogP contribution in [-0.4, -0.2) is 29.8 Å². The van der Waals surface area contributed by atoms with Gasteiger partial charge in [0.1, 0.15) is 11.4 Å². The molecule has 1 aliphatic heterocycles. The largest absolute Gasteiger partial charge is 0.508 e.